The fourth-order valence-electron chi connectivity index (χ4n) is 1.57. The van der Waals surface area contributed by atoms with Gasteiger partial charge in [-0.05, 0) is 40.4 Å². The molecule has 0 N–H and O–H groups in total. The lowest BCUT2D eigenvalue weighted by molar-refractivity contribution is 0.634. The minimum atomic E-state index is 0.657. The number of pyridine rings is 1. The Kier molecular flexibility index (Phi) is 3.93. The lowest BCUT2D eigenvalue weighted by Crippen LogP contribution is -2.24. The normalized spacial score (nSPS) is 10.7. The van der Waals surface area contributed by atoms with E-state index in [1.54, 1.807) is 0 Å². The minimum Gasteiger partial charge on any atom is -0.359 e. The third kappa shape index (κ3) is 2.98. The van der Waals surface area contributed by atoms with Crippen molar-refractivity contribution in [2.24, 2.45) is 5.92 Å². The van der Waals surface area contributed by atoms with Crippen molar-refractivity contribution in [2.75, 3.05) is 18.5 Å². The van der Waals surface area contributed by atoms with Crippen molar-refractivity contribution in [3.8, 4) is 0 Å². The Morgan fingerprint density at radius 2 is 2.14 bits per heavy atom. The topological polar surface area (TPSA) is 16.1 Å². The first-order valence-electron chi connectivity index (χ1n) is 4.84. The molecule has 0 atom stereocenters. The van der Waals surface area contributed by atoms with E-state index in [0.29, 0.717) is 5.92 Å². The van der Waals surface area contributed by atoms with Gasteiger partial charge in [-0.15, -0.1) is 0 Å². The maximum atomic E-state index is 4.41. The van der Waals surface area contributed by atoms with Crippen LogP contribution in [-0.4, -0.2) is 18.6 Å². The summed E-state index contributed by atoms with van der Waals surface area (Å²) < 4.78 is 1.04. The molecule has 0 bridgehead atoms. The molecule has 3 heteroatoms. The van der Waals surface area contributed by atoms with Crippen LogP contribution in [0.25, 0.3) is 0 Å². The number of nitrogens with zero attached hydrogens (tertiary/aromatic N) is 2. The predicted molar refractivity (Wildman–Crippen MR) is 64.8 cm³/mol. The van der Waals surface area contributed by atoms with E-state index in [-0.39, 0.29) is 0 Å². The van der Waals surface area contributed by atoms with Crippen LogP contribution in [0.15, 0.2) is 16.7 Å². The zero-order chi connectivity index (χ0) is 10.7. The quantitative estimate of drug-likeness (QED) is 0.826. The predicted octanol–water partition coefficient (Wildman–Crippen LogP) is 3.24. The second-order valence-electron chi connectivity index (χ2n) is 4.07. The Hall–Kier alpha value is -0.570. The second kappa shape index (κ2) is 4.78. The first kappa shape index (κ1) is 11.5. The van der Waals surface area contributed by atoms with Crippen LogP contribution in [0.3, 0.4) is 0 Å². The summed E-state index contributed by atoms with van der Waals surface area (Å²) in [5.74, 6) is 1.73. The van der Waals surface area contributed by atoms with Crippen LogP contribution in [0.2, 0.25) is 0 Å². The molecule has 0 aromatic carbocycles. The standard InChI is InChI=1S/C11H17BrN2/c1-8(2)7-14(4)11-9(3)5-10(12)6-13-11/h5-6,8H,7H2,1-4H3. The van der Waals surface area contributed by atoms with E-state index in [9.17, 15) is 0 Å². The second-order valence-corrected chi connectivity index (χ2v) is 4.98. The van der Waals surface area contributed by atoms with Gasteiger partial charge in [0.2, 0.25) is 0 Å². The van der Waals surface area contributed by atoms with Gasteiger partial charge in [0, 0.05) is 24.3 Å². The van der Waals surface area contributed by atoms with Gasteiger partial charge in [-0.1, -0.05) is 13.8 Å². The molecule has 14 heavy (non-hydrogen) atoms. The fraction of sp³-hybridized carbons (Fsp3) is 0.545. The first-order chi connectivity index (χ1) is 6.50. The number of aryl methyl sites for hydroxylation is 1. The Bertz CT molecular complexity index is 310. The van der Waals surface area contributed by atoms with Gasteiger partial charge in [0.15, 0.2) is 0 Å². The highest BCUT2D eigenvalue weighted by Crippen LogP contribution is 2.20. The smallest absolute Gasteiger partial charge is 0.131 e. The van der Waals surface area contributed by atoms with Crippen LogP contribution < -0.4 is 4.90 Å². The first-order valence-corrected chi connectivity index (χ1v) is 5.63. The molecule has 0 fully saturated rings. The fourth-order valence-corrected chi connectivity index (χ4v) is 2.01. The summed E-state index contributed by atoms with van der Waals surface area (Å²) in [6.07, 6.45) is 1.85. The van der Waals surface area contributed by atoms with Crippen LogP contribution in [0.4, 0.5) is 5.82 Å². The largest absolute Gasteiger partial charge is 0.359 e. The van der Waals surface area contributed by atoms with Crippen molar-refractivity contribution in [2.45, 2.75) is 20.8 Å². The third-order valence-corrected chi connectivity index (χ3v) is 2.45. The van der Waals surface area contributed by atoms with Crippen molar-refractivity contribution in [1.82, 2.24) is 4.98 Å². The Morgan fingerprint density at radius 1 is 1.50 bits per heavy atom. The van der Waals surface area contributed by atoms with E-state index in [1.165, 1.54) is 5.56 Å². The number of anilines is 1. The molecule has 0 unspecified atom stereocenters. The molecule has 2 nitrogen and oxygen atoms in total. The van der Waals surface area contributed by atoms with E-state index < -0.39 is 0 Å². The summed E-state index contributed by atoms with van der Waals surface area (Å²) in [7, 11) is 2.09. The molecule has 0 aliphatic carbocycles. The molecular formula is C11H17BrN2. The molecule has 0 radical (unpaired) electrons. The molecule has 0 aliphatic heterocycles. The van der Waals surface area contributed by atoms with Crippen molar-refractivity contribution in [3.05, 3.63) is 22.3 Å². The number of rotatable bonds is 3. The van der Waals surface area contributed by atoms with E-state index in [4.69, 9.17) is 0 Å². The highest BCUT2D eigenvalue weighted by atomic mass is 79.9. The Morgan fingerprint density at radius 3 is 2.64 bits per heavy atom. The maximum Gasteiger partial charge on any atom is 0.131 e. The molecule has 1 aromatic rings. The van der Waals surface area contributed by atoms with Crippen molar-refractivity contribution < 1.29 is 0 Å². The highest BCUT2D eigenvalue weighted by molar-refractivity contribution is 9.10. The summed E-state index contributed by atoms with van der Waals surface area (Å²) >= 11 is 3.42. The van der Waals surface area contributed by atoms with Gasteiger partial charge in [0.05, 0.1) is 0 Å². The molecule has 1 heterocycles. The number of hydrogen-bond donors (Lipinski definition) is 0. The van der Waals surface area contributed by atoms with Crippen molar-refractivity contribution in [3.63, 3.8) is 0 Å². The third-order valence-electron chi connectivity index (χ3n) is 2.02. The van der Waals surface area contributed by atoms with Crippen LogP contribution in [0.1, 0.15) is 19.4 Å². The zero-order valence-electron chi connectivity index (χ0n) is 9.21. The number of aromatic nitrogens is 1. The van der Waals surface area contributed by atoms with E-state index in [1.807, 2.05) is 6.20 Å². The molecule has 78 valence electrons. The SMILES string of the molecule is Cc1cc(Br)cnc1N(C)CC(C)C. The average molecular weight is 257 g/mol. The molecule has 0 saturated heterocycles. The molecular weight excluding hydrogens is 240 g/mol. The summed E-state index contributed by atoms with van der Waals surface area (Å²) in [4.78, 5) is 6.61. The lowest BCUT2D eigenvalue weighted by Gasteiger charge is -2.22. The van der Waals surface area contributed by atoms with Gasteiger partial charge >= 0.3 is 0 Å². The Balaban J connectivity index is 2.84. The van der Waals surface area contributed by atoms with E-state index in [2.05, 4.69) is 59.7 Å². The van der Waals surface area contributed by atoms with Gasteiger partial charge in [-0.2, -0.15) is 0 Å². The molecule has 0 saturated carbocycles. The lowest BCUT2D eigenvalue weighted by atomic mass is 10.2. The van der Waals surface area contributed by atoms with Crippen molar-refractivity contribution >= 4 is 21.7 Å². The average Bonchev–Trinajstić information content (AvgIpc) is 2.01. The van der Waals surface area contributed by atoms with Crippen LogP contribution in [0, 0.1) is 12.8 Å². The number of hydrogen-bond acceptors (Lipinski definition) is 2. The van der Waals surface area contributed by atoms with E-state index in [0.717, 1.165) is 16.8 Å². The van der Waals surface area contributed by atoms with Gasteiger partial charge in [0.25, 0.3) is 0 Å². The van der Waals surface area contributed by atoms with Gasteiger partial charge in [-0.3, -0.25) is 0 Å². The molecule has 1 rings (SSSR count). The van der Waals surface area contributed by atoms with Gasteiger partial charge in [-0.25, -0.2) is 4.98 Å². The monoisotopic (exact) mass is 256 g/mol. The van der Waals surface area contributed by atoms with Gasteiger partial charge < -0.3 is 4.90 Å². The highest BCUT2D eigenvalue weighted by Gasteiger charge is 2.07. The molecule has 0 aliphatic rings. The van der Waals surface area contributed by atoms with Gasteiger partial charge in [0.1, 0.15) is 5.82 Å². The minimum absolute atomic E-state index is 0.657. The van der Waals surface area contributed by atoms with Crippen LogP contribution in [-0.2, 0) is 0 Å². The molecule has 0 amide bonds. The summed E-state index contributed by atoms with van der Waals surface area (Å²) in [5, 5.41) is 0. The summed E-state index contributed by atoms with van der Waals surface area (Å²) in [6.45, 7) is 7.55. The molecule has 0 spiro atoms. The Labute approximate surface area is 94.5 Å². The van der Waals surface area contributed by atoms with E-state index >= 15 is 0 Å². The van der Waals surface area contributed by atoms with Crippen LogP contribution in [0.5, 0.6) is 0 Å². The number of halogens is 1. The van der Waals surface area contributed by atoms with Crippen molar-refractivity contribution in [1.29, 1.82) is 0 Å². The summed E-state index contributed by atoms with van der Waals surface area (Å²) in [6, 6.07) is 2.10. The van der Waals surface area contributed by atoms with Crippen LogP contribution >= 0.6 is 15.9 Å². The summed E-state index contributed by atoms with van der Waals surface area (Å²) in [5.41, 5.74) is 1.21. The molecule has 1 aromatic heterocycles. The zero-order valence-corrected chi connectivity index (χ0v) is 10.8. The maximum absolute atomic E-state index is 4.41.